The van der Waals surface area contributed by atoms with Crippen LogP contribution in [0.25, 0.3) is 0 Å². The van der Waals surface area contributed by atoms with Crippen molar-refractivity contribution in [2.45, 2.75) is 11.8 Å². The van der Waals surface area contributed by atoms with Gasteiger partial charge < -0.3 is 10.4 Å². The highest BCUT2D eigenvalue weighted by atomic mass is 19.1. The van der Waals surface area contributed by atoms with E-state index in [0.29, 0.717) is 18.8 Å². The third-order valence-electron chi connectivity index (χ3n) is 5.40. The van der Waals surface area contributed by atoms with Crippen LogP contribution >= 0.6 is 0 Å². The van der Waals surface area contributed by atoms with E-state index in [2.05, 4.69) is 20.3 Å². The van der Waals surface area contributed by atoms with E-state index < -0.39 is 5.41 Å². The van der Waals surface area contributed by atoms with Crippen LogP contribution in [0.1, 0.15) is 22.3 Å². The van der Waals surface area contributed by atoms with Crippen LogP contribution in [0.2, 0.25) is 0 Å². The van der Waals surface area contributed by atoms with Gasteiger partial charge in [-0.3, -0.25) is 9.97 Å². The quantitative estimate of drug-likeness (QED) is 0.456. The van der Waals surface area contributed by atoms with Gasteiger partial charge in [-0.1, -0.05) is 30.3 Å². The summed E-state index contributed by atoms with van der Waals surface area (Å²) >= 11 is 0. The fourth-order valence-electron chi connectivity index (χ4n) is 3.97. The summed E-state index contributed by atoms with van der Waals surface area (Å²) in [6.07, 6.45) is 9.41. The Bertz CT molecular complexity index is 1070. The molecule has 2 N–H and O–H groups in total. The van der Waals surface area contributed by atoms with Gasteiger partial charge in [0.05, 0.1) is 12.0 Å². The molecule has 4 rings (SSSR count). The molecule has 3 aromatic heterocycles. The van der Waals surface area contributed by atoms with E-state index in [-0.39, 0.29) is 12.4 Å². The molecule has 0 aliphatic rings. The van der Waals surface area contributed by atoms with Gasteiger partial charge in [0.15, 0.2) is 0 Å². The topological polar surface area (TPSA) is 70.9 Å². The lowest BCUT2D eigenvalue weighted by atomic mass is 9.67. The number of halogens is 1. The van der Waals surface area contributed by atoms with E-state index in [0.717, 1.165) is 22.3 Å². The molecule has 0 radical (unpaired) electrons. The molecule has 31 heavy (non-hydrogen) atoms. The standard InChI is InChI=1S/C25H23FN4O/c26-23-9-7-20(8-10-23)25(21-5-2-11-27-17-21,22-6-3-12-28-18-22)16-19-4-1-13-29-24(19)30-14-15-31/h1-13,17-18,31H,14-16H2,(H,29,30). The highest BCUT2D eigenvalue weighted by molar-refractivity contribution is 5.54. The third-order valence-corrected chi connectivity index (χ3v) is 5.40. The van der Waals surface area contributed by atoms with Crippen molar-refractivity contribution in [2.24, 2.45) is 0 Å². The second kappa shape index (κ2) is 9.45. The van der Waals surface area contributed by atoms with Crippen LogP contribution < -0.4 is 5.32 Å². The Morgan fingerprint density at radius 1 is 0.806 bits per heavy atom. The van der Waals surface area contributed by atoms with Gasteiger partial charge in [0.25, 0.3) is 0 Å². The zero-order valence-electron chi connectivity index (χ0n) is 16.9. The molecule has 0 aliphatic heterocycles. The minimum Gasteiger partial charge on any atom is -0.395 e. The number of hydrogen-bond acceptors (Lipinski definition) is 5. The Kier molecular flexibility index (Phi) is 6.29. The van der Waals surface area contributed by atoms with Crippen LogP contribution in [0.3, 0.4) is 0 Å². The first-order valence-electron chi connectivity index (χ1n) is 10.1. The van der Waals surface area contributed by atoms with E-state index in [4.69, 9.17) is 0 Å². The SMILES string of the molecule is OCCNc1ncccc1CC(c1ccc(F)cc1)(c1cccnc1)c1cccnc1. The summed E-state index contributed by atoms with van der Waals surface area (Å²) in [6, 6.07) is 18.3. The molecule has 1 aromatic carbocycles. The van der Waals surface area contributed by atoms with Crippen LogP contribution in [-0.4, -0.2) is 33.2 Å². The number of benzene rings is 1. The van der Waals surface area contributed by atoms with Gasteiger partial charge in [-0.25, -0.2) is 9.37 Å². The van der Waals surface area contributed by atoms with Gasteiger partial charge in [-0.15, -0.1) is 0 Å². The monoisotopic (exact) mass is 414 g/mol. The average molecular weight is 414 g/mol. The maximum absolute atomic E-state index is 13.8. The second-order valence-electron chi connectivity index (χ2n) is 7.23. The lowest BCUT2D eigenvalue weighted by Gasteiger charge is -2.36. The van der Waals surface area contributed by atoms with Gasteiger partial charge in [0.1, 0.15) is 11.6 Å². The van der Waals surface area contributed by atoms with Crippen molar-refractivity contribution in [3.8, 4) is 0 Å². The van der Waals surface area contributed by atoms with Crippen LogP contribution in [0, 0.1) is 5.82 Å². The average Bonchev–Trinajstić information content (AvgIpc) is 2.83. The molecular formula is C25H23FN4O. The number of anilines is 1. The van der Waals surface area contributed by atoms with E-state index in [1.807, 2.05) is 60.9 Å². The highest BCUT2D eigenvalue weighted by Gasteiger charge is 2.38. The van der Waals surface area contributed by atoms with E-state index >= 15 is 0 Å². The normalized spacial score (nSPS) is 11.3. The number of hydrogen-bond donors (Lipinski definition) is 2. The Balaban J connectivity index is 1.96. The van der Waals surface area contributed by atoms with Crippen molar-refractivity contribution >= 4 is 5.82 Å². The Morgan fingerprint density at radius 3 is 2.03 bits per heavy atom. The molecule has 0 saturated heterocycles. The Hall–Kier alpha value is -3.64. The summed E-state index contributed by atoms with van der Waals surface area (Å²) < 4.78 is 13.8. The Morgan fingerprint density at radius 2 is 1.45 bits per heavy atom. The van der Waals surface area contributed by atoms with Gasteiger partial charge in [0, 0.05) is 37.5 Å². The summed E-state index contributed by atoms with van der Waals surface area (Å²) in [4.78, 5) is 13.2. The third kappa shape index (κ3) is 4.29. The van der Waals surface area contributed by atoms with E-state index in [1.54, 1.807) is 18.6 Å². The lowest BCUT2D eigenvalue weighted by molar-refractivity contribution is 0.311. The van der Waals surface area contributed by atoms with Gasteiger partial charge in [0.2, 0.25) is 0 Å². The van der Waals surface area contributed by atoms with E-state index in [1.165, 1.54) is 12.1 Å². The first-order chi connectivity index (χ1) is 15.2. The number of aliphatic hydroxyl groups is 1. The molecular weight excluding hydrogens is 391 g/mol. The Labute approximate surface area is 180 Å². The summed E-state index contributed by atoms with van der Waals surface area (Å²) in [5.74, 6) is 0.414. The van der Waals surface area contributed by atoms with Gasteiger partial charge in [-0.05, 0) is 59.0 Å². The largest absolute Gasteiger partial charge is 0.395 e. The molecule has 0 unspecified atom stereocenters. The summed E-state index contributed by atoms with van der Waals surface area (Å²) in [5.41, 5.74) is 3.15. The van der Waals surface area contributed by atoms with Gasteiger partial charge in [-0.2, -0.15) is 0 Å². The van der Waals surface area contributed by atoms with Crippen molar-refractivity contribution in [1.29, 1.82) is 0 Å². The van der Waals surface area contributed by atoms with Crippen molar-refractivity contribution in [1.82, 2.24) is 15.0 Å². The minimum atomic E-state index is -0.672. The second-order valence-corrected chi connectivity index (χ2v) is 7.23. The van der Waals surface area contributed by atoms with Crippen LogP contribution in [0.4, 0.5) is 10.2 Å². The molecule has 0 amide bonds. The lowest BCUT2D eigenvalue weighted by Crippen LogP contribution is -2.33. The molecule has 5 nitrogen and oxygen atoms in total. The van der Waals surface area contributed by atoms with E-state index in [9.17, 15) is 9.50 Å². The first kappa shape index (κ1) is 20.6. The molecule has 0 atom stereocenters. The molecule has 0 bridgehead atoms. The maximum Gasteiger partial charge on any atom is 0.129 e. The van der Waals surface area contributed by atoms with Crippen LogP contribution in [0.15, 0.2) is 91.6 Å². The zero-order valence-corrected chi connectivity index (χ0v) is 16.9. The zero-order chi connectivity index (χ0) is 21.5. The van der Waals surface area contributed by atoms with Gasteiger partial charge >= 0.3 is 0 Å². The molecule has 0 spiro atoms. The number of aliphatic hydroxyl groups excluding tert-OH is 1. The fraction of sp³-hybridized carbons (Fsp3) is 0.160. The smallest absolute Gasteiger partial charge is 0.129 e. The number of pyridine rings is 3. The molecule has 0 fully saturated rings. The van der Waals surface area contributed by atoms with Crippen molar-refractivity contribution in [3.05, 3.63) is 120 Å². The predicted molar refractivity (Wildman–Crippen MR) is 118 cm³/mol. The van der Waals surface area contributed by atoms with Crippen LogP contribution in [-0.2, 0) is 11.8 Å². The van der Waals surface area contributed by atoms with Crippen molar-refractivity contribution in [2.75, 3.05) is 18.5 Å². The summed E-state index contributed by atoms with van der Waals surface area (Å²) in [7, 11) is 0. The predicted octanol–water partition coefficient (Wildman–Crippen LogP) is 3.99. The van der Waals surface area contributed by atoms with Crippen molar-refractivity contribution < 1.29 is 9.50 Å². The first-order valence-corrected chi connectivity index (χ1v) is 10.1. The fourth-order valence-corrected chi connectivity index (χ4v) is 3.97. The number of rotatable bonds is 8. The number of nitrogens with zero attached hydrogens (tertiary/aromatic N) is 3. The van der Waals surface area contributed by atoms with Crippen LogP contribution in [0.5, 0.6) is 0 Å². The molecule has 156 valence electrons. The summed E-state index contributed by atoms with van der Waals surface area (Å²) in [5, 5.41) is 12.5. The molecule has 6 heteroatoms. The highest BCUT2D eigenvalue weighted by Crippen LogP contribution is 2.42. The van der Waals surface area contributed by atoms with Crippen molar-refractivity contribution in [3.63, 3.8) is 0 Å². The summed E-state index contributed by atoms with van der Waals surface area (Å²) in [6.45, 7) is 0.400. The molecule has 4 aromatic rings. The minimum absolute atomic E-state index is 0.00430. The molecule has 3 heterocycles. The number of aromatic nitrogens is 3. The maximum atomic E-state index is 13.8. The molecule has 0 saturated carbocycles. The number of nitrogens with one attached hydrogen (secondary N) is 1. The molecule has 0 aliphatic carbocycles.